The van der Waals surface area contributed by atoms with Crippen LogP contribution in [0.5, 0.6) is 0 Å². The van der Waals surface area contributed by atoms with Gasteiger partial charge >= 0.3 is 0 Å². The Morgan fingerprint density at radius 2 is 1.90 bits per heavy atom. The Kier molecular flexibility index (Phi) is 4.22. The number of pyridine rings is 1. The number of hydrogen-bond donors (Lipinski definition) is 1. The second-order valence-corrected chi connectivity index (χ2v) is 9.04. The van der Waals surface area contributed by atoms with Crippen LogP contribution in [0.15, 0.2) is 18.3 Å². The normalized spacial score (nSPS) is 27.3. The number of hydrogen-bond acceptors (Lipinski definition) is 5. The number of nitrogens with two attached hydrogens (primary N) is 1. The molecule has 6 nitrogen and oxygen atoms in total. The molecule has 2 N–H and O–H groups in total. The average molecular weight is 403 g/mol. The van der Waals surface area contributed by atoms with Crippen molar-refractivity contribution in [3.05, 3.63) is 29.6 Å². The first-order chi connectivity index (χ1) is 13.7. The summed E-state index contributed by atoms with van der Waals surface area (Å²) in [6, 6.07) is 4.27. The van der Waals surface area contributed by atoms with Crippen LogP contribution in [0.25, 0.3) is 11.3 Å². The van der Waals surface area contributed by atoms with E-state index in [1.165, 1.54) is 18.0 Å². The fourth-order valence-corrected chi connectivity index (χ4v) is 4.91. The van der Waals surface area contributed by atoms with Crippen LogP contribution in [0.3, 0.4) is 0 Å². The number of anilines is 1. The van der Waals surface area contributed by atoms with Crippen LogP contribution in [0.2, 0.25) is 0 Å². The first kappa shape index (κ1) is 18.9. The molecule has 2 aromatic heterocycles. The van der Waals surface area contributed by atoms with E-state index < -0.39 is 5.92 Å². The molecule has 5 rings (SSSR count). The minimum Gasteiger partial charge on any atom is -0.383 e. The third-order valence-electron chi connectivity index (χ3n) is 6.64. The minimum absolute atomic E-state index is 0.137. The number of aromatic nitrogens is 3. The number of halogens is 2. The maximum Gasteiger partial charge on any atom is 0.274 e. The molecule has 0 aromatic carbocycles. The second-order valence-electron chi connectivity index (χ2n) is 9.04. The summed E-state index contributed by atoms with van der Waals surface area (Å²) in [4.78, 5) is 6.55. The van der Waals surface area contributed by atoms with Gasteiger partial charge in [0.25, 0.3) is 5.92 Å². The van der Waals surface area contributed by atoms with Gasteiger partial charge in [-0.1, -0.05) is 0 Å². The van der Waals surface area contributed by atoms with E-state index in [-0.39, 0.29) is 17.4 Å². The molecular weight excluding hydrogens is 376 g/mol. The van der Waals surface area contributed by atoms with Gasteiger partial charge in [-0.3, -0.25) is 9.58 Å². The van der Waals surface area contributed by atoms with Crippen LogP contribution in [0, 0.1) is 11.8 Å². The molecular formula is C21H27F2N5O. The number of alkyl halides is 2. The van der Waals surface area contributed by atoms with Crippen molar-refractivity contribution in [2.75, 3.05) is 32.0 Å². The predicted octanol–water partition coefficient (Wildman–Crippen LogP) is 3.26. The lowest BCUT2D eigenvalue weighted by molar-refractivity contribution is -0.0610. The lowest BCUT2D eigenvalue weighted by Gasteiger charge is -2.35. The largest absolute Gasteiger partial charge is 0.383 e. The molecule has 1 aliphatic carbocycles. The highest BCUT2D eigenvalue weighted by Crippen LogP contribution is 2.59. The minimum atomic E-state index is -3.04. The summed E-state index contributed by atoms with van der Waals surface area (Å²) in [7, 11) is 0. The molecule has 3 aliphatic rings. The quantitative estimate of drug-likeness (QED) is 0.830. The molecule has 8 heteroatoms. The molecule has 2 unspecified atom stereocenters. The number of ether oxygens (including phenoxy) is 1. The zero-order chi connectivity index (χ0) is 20.5. The molecule has 156 valence electrons. The predicted molar refractivity (Wildman–Crippen MR) is 106 cm³/mol. The molecule has 0 radical (unpaired) electrons. The zero-order valence-corrected chi connectivity index (χ0v) is 17.0. The van der Waals surface area contributed by atoms with Gasteiger partial charge in [-0.05, 0) is 37.8 Å². The Morgan fingerprint density at radius 1 is 1.21 bits per heavy atom. The lowest BCUT2D eigenvalue weighted by atomic mass is 10.1. The molecule has 2 saturated heterocycles. The Bertz CT molecular complexity index is 922. The summed E-state index contributed by atoms with van der Waals surface area (Å²) >= 11 is 0. The van der Waals surface area contributed by atoms with Crippen LogP contribution in [-0.4, -0.2) is 52.0 Å². The van der Waals surface area contributed by atoms with E-state index >= 15 is 0 Å². The SMILES string of the molecule is CC(C)n1nc(-c2cnc(N)c(C(C)(F)F)c2)cc1C1C2CN(C3COC3)CC21. The lowest BCUT2D eigenvalue weighted by Crippen LogP contribution is -2.48. The number of fused-ring (bicyclic) bond motifs is 1. The molecule has 2 aliphatic heterocycles. The second kappa shape index (κ2) is 6.47. The number of rotatable bonds is 5. The number of nitrogens with zero attached hydrogens (tertiary/aromatic N) is 4. The van der Waals surface area contributed by atoms with E-state index in [2.05, 4.69) is 34.5 Å². The van der Waals surface area contributed by atoms with Crippen molar-refractivity contribution in [1.82, 2.24) is 19.7 Å². The van der Waals surface area contributed by atoms with Crippen molar-refractivity contribution in [3.8, 4) is 11.3 Å². The van der Waals surface area contributed by atoms with Gasteiger partial charge in [0.1, 0.15) is 5.82 Å². The third kappa shape index (κ3) is 3.13. The van der Waals surface area contributed by atoms with E-state index in [0.717, 1.165) is 33.2 Å². The third-order valence-corrected chi connectivity index (χ3v) is 6.64. The van der Waals surface area contributed by atoms with Crippen molar-refractivity contribution in [2.24, 2.45) is 11.8 Å². The summed E-state index contributed by atoms with van der Waals surface area (Å²) in [6.07, 6.45) is 1.54. The van der Waals surface area contributed by atoms with Gasteiger partial charge in [-0.25, -0.2) is 13.8 Å². The number of nitrogen functional groups attached to an aromatic ring is 1. The Balaban J connectivity index is 1.43. The van der Waals surface area contributed by atoms with Crippen molar-refractivity contribution in [1.29, 1.82) is 0 Å². The molecule has 0 amide bonds. The molecule has 29 heavy (non-hydrogen) atoms. The summed E-state index contributed by atoms with van der Waals surface area (Å²) in [5, 5.41) is 4.76. The van der Waals surface area contributed by atoms with Crippen LogP contribution in [0.1, 0.15) is 44.0 Å². The first-order valence-corrected chi connectivity index (χ1v) is 10.3. The highest BCUT2D eigenvalue weighted by atomic mass is 19.3. The topological polar surface area (TPSA) is 69.2 Å². The van der Waals surface area contributed by atoms with Crippen molar-refractivity contribution in [3.63, 3.8) is 0 Å². The molecule has 2 aromatic rings. The maximum atomic E-state index is 13.9. The molecule has 3 fully saturated rings. The Morgan fingerprint density at radius 3 is 2.45 bits per heavy atom. The van der Waals surface area contributed by atoms with E-state index in [4.69, 9.17) is 15.6 Å². The molecule has 0 bridgehead atoms. The van der Waals surface area contributed by atoms with Crippen LogP contribution >= 0.6 is 0 Å². The van der Waals surface area contributed by atoms with Gasteiger partial charge in [-0.15, -0.1) is 0 Å². The summed E-state index contributed by atoms with van der Waals surface area (Å²) in [6.45, 7) is 8.97. The Hall–Kier alpha value is -2.06. The molecule has 1 saturated carbocycles. The molecule has 4 heterocycles. The summed E-state index contributed by atoms with van der Waals surface area (Å²) in [5.41, 5.74) is 7.89. The fourth-order valence-electron chi connectivity index (χ4n) is 4.91. The van der Waals surface area contributed by atoms with Gasteiger partial charge in [-0.2, -0.15) is 5.10 Å². The standard InChI is InChI=1S/C21H27F2N5O/c1-11(2)28-18(19-14-7-27(8-15(14)19)13-9-29-10-13)5-17(26-28)12-4-16(21(3,22)23)20(24)25-6-12/h4-6,11,13-15,19H,7-10H2,1-3H3,(H2,24,25). The zero-order valence-electron chi connectivity index (χ0n) is 17.0. The van der Waals surface area contributed by atoms with Gasteiger partial charge in [0.15, 0.2) is 0 Å². The molecule has 0 spiro atoms. The van der Waals surface area contributed by atoms with Gasteiger partial charge in [0, 0.05) is 49.4 Å². The van der Waals surface area contributed by atoms with Gasteiger partial charge in [0.2, 0.25) is 0 Å². The maximum absolute atomic E-state index is 13.9. The monoisotopic (exact) mass is 403 g/mol. The van der Waals surface area contributed by atoms with Crippen LogP contribution in [-0.2, 0) is 10.7 Å². The highest BCUT2D eigenvalue weighted by molar-refractivity contribution is 5.63. The van der Waals surface area contributed by atoms with Gasteiger partial charge in [0.05, 0.1) is 30.5 Å². The first-order valence-electron chi connectivity index (χ1n) is 10.3. The van der Waals surface area contributed by atoms with E-state index in [1.807, 2.05) is 0 Å². The average Bonchev–Trinajstić information content (AvgIpc) is 2.96. The number of likely N-dealkylation sites (tertiary alicyclic amines) is 1. The fraction of sp³-hybridized carbons (Fsp3) is 0.619. The van der Waals surface area contributed by atoms with Crippen molar-refractivity contribution < 1.29 is 13.5 Å². The van der Waals surface area contributed by atoms with E-state index in [9.17, 15) is 8.78 Å². The van der Waals surface area contributed by atoms with Crippen LogP contribution in [0.4, 0.5) is 14.6 Å². The molecule has 2 atom stereocenters. The van der Waals surface area contributed by atoms with E-state index in [1.54, 1.807) is 0 Å². The smallest absolute Gasteiger partial charge is 0.274 e. The Labute approximate surface area is 169 Å². The summed E-state index contributed by atoms with van der Waals surface area (Å²) in [5.74, 6) is -1.39. The van der Waals surface area contributed by atoms with Crippen molar-refractivity contribution in [2.45, 2.75) is 44.7 Å². The van der Waals surface area contributed by atoms with Gasteiger partial charge < -0.3 is 10.5 Å². The summed E-state index contributed by atoms with van der Waals surface area (Å²) < 4.78 is 35.2. The van der Waals surface area contributed by atoms with E-state index in [0.29, 0.717) is 35.1 Å². The highest BCUT2D eigenvalue weighted by Gasteiger charge is 2.58. The number of piperidine rings is 1. The van der Waals surface area contributed by atoms with Crippen LogP contribution < -0.4 is 5.73 Å². The van der Waals surface area contributed by atoms with Crippen molar-refractivity contribution >= 4 is 5.82 Å².